The van der Waals surface area contributed by atoms with Crippen LogP contribution in [0.5, 0.6) is 0 Å². The maximum atomic E-state index is 9.83. The number of aliphatic hydroxyl groups is 1. The van der Waals surface area contributed by atoms with Crippen LogP contribution in [-0.4, -0.2) is 27.7 Å². The van der Waals surface area contributed by atoms with E-state index in [9.17, 15) is 5.11 Å². The number of aromatic nitrogens is 2. The van der Waals surface area contributed by atoms with Gasteiger partial charge in [-0.1, -0.05) is 27.2 Å². The lowest BCUT2D eigenvalue weighted by Crippen LogP contribution is -2.22. The van der Waals surface area contributed by atoms with E-state index in [0.717, 1.165) is 30.6 Å². The summed E-state index contributed by atoms with van der Waals surface area (Å²) in [6.07, 6.45) is 3.69. The first kappa shape index (κ1) is 14.7. The molecule has 1 atom stereocenters. The Morgan fingerprint density at radius 2 is 2.11 bits per heavy atom. The SMILES string of the molecule is CCCc1c(N)ncnc1NCC(O)CC(C)C. The predicted octanol–water partition coefficient (Wildman–Crippen LogP) is 1.83. The van der Waals surface area contributed by atoms with Crippen LogP contribution >= 0.6 is 0 Å². The molecular weight excluding hydrogens is 228 g/mol. The third-order valence-corrected chi connectivity index (χ3v) is 2.73. The normalized spacial score (nSPS) is 12.7. The first-order chi connectivity index (χ1) is 8.54. The van der Waals surface area contributed by atoms with Gasteiger partial charge < -0.3 is 16.2 Å². The van der Waals surface area contributed by atoms with Crippen molar-refractivity contribution in [2.24, 2.45) is 5.92 Å². The van der Waals surface area contributed by atoms with Gasteiger partial charge in [0.1, 0.15) is 18.0 Å². The van der Waals surface area contributed by atoms with Gasteiger partial charge in [-0.25, -0.2) is 9.97 Å². The van der Waals surface area contributed by atoms with Gasteiger partial charge in [0.05, 0.1) is 6.10 Å². The topological polar surface area (TPSA) is 84.1 Å². The smallest absolute Gasteiger partial charge is 0.134 e. The first-order valence-corrected chi connectivity index (χ1v) is 6.55. The molecule has 18 heavy (non-hydrogen) atoms. The Balaban J connectivity index is 2.63. The summed E-state index contributed by atoms with van der Waals surface area (Å²) in [5.74, 6) is 1.74. The molecule has 0 radical (unpaired) electrons. The largest absolute Gasteiger partial charge is 0.391 e. The summed E-state index contributed by atoms with van der Waals surface area (Å²) < 4.78 is 0. The molecule has 102 valence electrons. The lowest BCUT2D eigenvalue weighted by atomic mass is 10.1. The molecule has 5 nitrogen and oxygen atoms in total. The van der Waals surface area contributed by atoms with Gasteiger partial charge in [-0.3, -0.25) is 0 Å². The summed E-state index contributed by atoms with van der Waals surface area (Å²) >= 11 is 0. The van der Waals surface area contributed by atoms with E-state index in [0.29, 0.717) is 18.3 Å². The van der Waals surface area contributed by atoms with Crippen LogP contribution in [-0.2, 0) is 6.42 Å². The zero-order valence-corrected chi connectivity index (χ0v) is 11.5. The Morgan fingerprint density at radius 1 is 1.39 bits per heavy atom. The number of aliphatic hydroxyl groups excluding tert-OH is 1. The molecule has 0 aromatic carbocycles. The van der Waals surface area contributed by atoms with E-state index in [1.165, 1.54) is 6.33 Å². The van der Waals surface area contributed by atoms with Crippen molar-refractivity contribution in [2.75, 3.05) is 17.6 Å². The molecule has 0 bridgehead atoms. The highest BCUT2D eigenvalue weighted by Gasteiger charge is 2.11. The Bertz CT molecular complexity index is 368. The molecule has 1 unspecified atom stereocenters. The van der Waals surface area contributed by atoms with Crippen LogP contribution in [0, 0.1) is 5.92 Å². The van der Waals surface area contributed by atoms with Gasteiger partial charge in [0, 0.05) is 12.1 Å². The Morgan fingerprint density at radius 3 is 2.72 bits per heavy atom. The van der Waals surface area contributed by atoms with Crippen LogP contribution in [0.3, 0.4) is 0 Å². The molecule has 0 spiro atoms. The molecule has 0 aliphatic heterocycles. The molecule has 0 fully saturated rings. The number of nitrogen functional groups attached to an aromatic ring is 1. The van der Waals surface area contributed by atoms with Gasteiger partial charge in [-0.15, -0.1) is 0 Å². The zero-order valence-electron chi connectivity index (χ0n) is 11.5. The van der Waals surface area contributed by atoms with Crippen molar-refractivity contribution in [1.29, 1.82) is 0 Å². The molecule has 0 saturated heterocycles. The minimum absolute atomic E-state index is 0.365. The lowest BCUT2D eigenvalue weighted by Gasteiger charge is -2.16. The van der Waals surface area contributed by atoms with Crippen molar-refractivity contribution < 1.29 is 5.11 Å². The number of rotatable bonds is 7. The second-order valence-electron chi connectivity index (χ2n) is 5.00. The van der Waals surface area contributed by atoms with Gasteiger partial charge in [-0.05, 0) is 18.8 Å². The number of hydrogen-bond donors (Lipinski definition) is 3. The average molecular weight is 252 g/mol. The summed E-state index contributed by atoms with van der Waals surface area (Å²) in [6.45, 7) is 6.76. The fraction of sp³-hybridized carbons (Fsp3) is 0.692. The molecule has 1 rings (SSSR count). The van der Waals surface area contributed by atoms with Crippen LogP contribution in [0.4, 0.5) is 11.6 Å². The summed E-state index contributed by atoms with van der Waals surface area (Å²) in [4.78, 5) is 8.19. The van der Waals surface area contributed by atoms with Gasteiger partial charge in [0.2, 0.25) is 0 Å². The van der Waals surface area contributed by atoms with E-state index in [-0.39, 0.29) is 6.10 Å². The van der Waals surface area contributed by atoms with E-state index < -0.39 is 0 Å². The molecule has 0 amide bonds. The number of nitrogens with two attached hydrogens (primary N) is 1. The maximum Gasteiger partial charge on any atom is 0.134 e. The highest BCUT2D eigenvalue weighted by atomic mass is 16.3. The predicted molar refractivity (Wildman–Crippen MR) is 74.4 cm³/mol. The Kier molecular flexibility index (Phi) is 5.85. The third kappa shape index (κ3) is 4.49. The number of anilines is 2. The maximum absolute atomic E-state index is 9.83. The van der Waals surface area contributed by atoms with Crippen LogP contribution in [0.1, 0.15) is 39.2 Å². The van der Waals surface area contributed by atoms with E-state index in [1.54, 1.807) is 0 Å². The molecule has 1 aromatic rings. The van der Waals surface area contributed by atoms with Gasteiger partial charge >= 0.3 is 0 Å². The van der Waals surface area contributed by atoms with E-state index >= 15 is 0 Å². The average Bonchev–Trinajstić information content (AvgIpc) is 2.29. The van der Waals surface area contributed by atoms with Crippen molar-refractivity contribution in [3.05, 3.63) is 11.9 Å². The molecule has 4 N–H and O–H groups in total. The van der Waals surface area contributed by atoms with E-state index in [1.807, 2.05) is 0 Å². The third-order valence-electron chi connectivity index (χ3n) is 2.73. The molecular formula is C13H24N4O. The monoisotopic (exact) mass is 252 g/mol. The lowest BCUT2D eigenvalue weighted by molar-refractivity contribution is 0.161. The van der Waals surface area contributed by atoms with E-state index in [4.69, 9.17) is 5.73 Å². The van der Waals surface area contributed by atoms with Crippen molar-refractivity contribution in [3.63, 3.8) is 0 Å². The van der Waals surface area contributed by atoms with Gasteiger partial charge in [0.15, 0.2) is 0 Å². The second kappa shape index (κ2) is 7.16. The summed E-state index contributed by atoms with van der Waals surface area (Å²) in [7, 11) is 0. The van der Waals surface area contributed by atoms with Crippen LogP contribution in [0.25, 0.3) is 0 Å². The Hall–Kier alpha value is -1.36. The summed E-state index contributed by atoms with van der Waals surface area (Å²) in [5, 5.41) is 13.0. The van der Waals surface area contributed by atoms with E-state index in [2.05, 4.69) is 36.1 Å². The first-order valence-electron chi connectivity index (χ1n) is 6.55. The van der Waals surface area contributed by atoms with Crippen LogP contribution < -0.4 is 11.1 Å². The minimum atomic E-state index is -0.365. The minimum Gasteiger partial charge on any atom is -0.391 e. The Labute approximate surface area is 109 Å². The molecule has 0 saturated carbocycles. The number of nitrogens with zero attached hydrogens (tertiary/aromatic N) is 2. The standard InChI is InChI=1S/C13H24N4O/c1-4-5-11-12(14)16-8-17-13(11)15-7-10(18)6-9(2)3/h8-10,18H,4-7H2,1-3H3,(H3,14,15,16,17). The van der Waals surface area contributed by atoms with Gasteiger partial charge in [-0.2, -0.15) is 0 Å². The molecule has 5 heteroatoms. The zero-order chi connectivity index (χ0) is 13.5. The van der Waals surface area contributed by atoms with Gasteiger partial charge in [0.25, 0.3) is 0 Å². The fourth-order valence-electron chi connectivity index (χ4n) is 1.92. The second-order valence-corrected chi connectivity index (χ2v) is 5.00. The van der Waals surface area contributed by atoms with Crippen LogP contribution in [0.2, 0.25) is 0 Å². The van der Waals surface area contributed by atoms with Crippen molar-refractivity contribution in [2.45, 2.75) is 46.1 Å². The number of nitrogens with one attached hydrogen (secondary N) is 1. The molecule has 1 aromatic heterocycles. The molecule has 0 aliphatic carbocycles. The highest BCUT2D eigenvalue weighted by molar-refractivity contribution is 5.54. The number of hydrogen-bond acceptors (Lipinski definition) is 5. The van der Waals surface area contributed by atoms with Crippen molar-refractivity contribution in [1.82, 2.24) is 9.97 Å². The highest BCUT2D eigenvalue weighted by Crippen LogP contribution is 2.19. The van der Waals surface area contributed by atoms with Crippen molar-refractivity contribution >= 4 is 11.6 Å². The molecule has 1 heterocycles. The quantitative estimate of drug-likeness (QED) is 0.689. The molecule has 0 aliphatic rings. The fourth-order valence-corrected chi connectivity index (χ4v) is 1.92. The summed E-state index contributed by atoms with van der Waals surface area (Å²) in [5.41, 5.74) is 6.78. The summed E-state index contributed by atoms with van der Waals surface area (Å²) in [6, 6.07) is 0. The van der Waals surface area contributed by atoms with Crippen molar-refractivity contribution in [3.8, 4) is 0 Å². The van der Waals surface area contributed by atoms with Crippen LogP contribution in [0.15, 0.2) is 6.33 Å².